The topological polar surface area (TPSA) is 58.4 Å². The monoisotopic (exact) mass is 313 g/mol. The summed E-state index contributed by atoms with van der Waals surface area (Å²) in [6.45, 7) is 4.38. The molecular formula is C18H23N3O2. The molecule has 1 aliphatic heterocycles. The number of para-hydroxylation sites is 1. The van der Waals surface area contributed by atoms with Crippen LogP contribution in [0.2, 0.25) is 0 Å². The summed E-state index contributed by atoms with van der Waals surface area (Å²) in [5.74, 6) is -0.0895. The van der Waals surface area contributed by atoms with Gasteiger partial charge in [-0.15, -0.1) is 0 Å². The fourth-order valence-corrected chi connectivity index (χ4v) is 3.27. The number of nitrogens with zero attached hydrogens (tertiary/aromatic N) is 3. The van der Waals surface area contributed by atoms with Gasteiger partial charge in [0.2, 0.25) is 0 Å². The molecule has 0 spiro atoms. The number of hydrogen-bond donors (Lipinski definition) is 1. The number of aliphatic hydroxyl groups is 1. The number of aryl methyl sites for hydroxylation is 1. The number of rotatable bonds is 3. The van der Waals surface area contributed by atoms with Crippen molar-refractivity contribution in [3.8, 4) is 5.69 Å². The lowest BCUT2D eigenvalue weighted by Gasteiger charge is -2.37. The minimum atomic E-state index is -0.517. The van der Waals surface area contributed by atoms with Gasteiger partial charge in [0.25, 0.3) is 5.91 Å². The third-order valence-electron chi connectivity index (χ3n) is 4.47. The fraction of sp³-hybridized carbons (Fsp3) is 0.444. The molecule has 5 nitrogen and oxygen atoms in total. The number of likely N-dealkylation sites (tertiary alicyclic amines) is 1. The molecule has 1 N–H and O–H groups in total. The zero-order valence-electron chi connectivity index (χ0n) is 13.6. The summed E-state index contributed by atoms with van der Waals surface area (Å²) < 4.78 is 1.79. The minimum Gasteiger partial charge on any atom is -0.391 e. The van der Waals surface area contributed by atoms with Gasteiger partial charge in [0.05, 0.1) is 17.8 Å². The van der Waals surface area contributed by atoms with E-state index in [9.17, 15) is 9.90 Å². The highest BCUT2D eigenvalue weighted by Crippen LogP contribution is 2.22. The van der Waals surface area contributed by atoms with E-state index in [4.69, 9.17) is 0 Å². The van der Waals surface area contributed by atoms with E-state index in [1.165, 1.54) is 0 Å². The predicted molar refractivity (Wildman–Crippen MR) is 88.7 cm³/mol. The molecule has 0 aliphatic carbocycles. The van der Waals surface area contributed by atoms with E-state index < -0.39 is 6.10 Å². The van der Waals surface area contributed by atoms with Gasteiger partial charge in [0.1, 0.15) is 0 Å². The Balaban J connectivity index is 1.88. The molecule has 2 aromatic rings. The van der Waals surface area contributed by atoms with Crippen molar-refractivity contribution in [3.63, 3.8) is 0 Å². The quantitative estimate of drug-likeness (QED) is 0.947. The Morgan fingerprint density at radius 2 is 2.04 bits per heavy atom. The second-order valence-electron chi connectivity index (χ2n) is 6.22. The summed E-state index contributed by atoms with van der Waals surface area (Å²) in [4.78, 5) is 14.6. The maximum atomic E-state index is 12.9. The maximum Gasteiger partial charge on any atom is 0.274 e. The first-order chi connectivity index (χ1) is 11.1. The highest BCUT2D eigenvalue weighted by Gasteiger charge is 2.31. The molecule has 0 saturated carbocycles. The van der Waals surface area contributed by atoms with E-state index in [1.54, 1.807) is 16.5 Å². The number of piperidine rings is 1. The van der Waals surface area contributed by atoms with Crippen LogP contribution < -0.4 is 0 Å². The van der Waals surface area contributed by atoms with Crippen molar-refractivity contribution in [2.45, 2.75) is 45.3 Å². The average Bonchev–Trinajstić information content (AvgIpc) is 2.97. The van der Waals surface area contributed by atoms with Gasteiger partial charge in [-0.25, -0.2) is 4.68 Å². The van der Waals surface area contributed by atoms with Crippen LogP contribution >= 0.6 is 0 Å². The fourth-order valence-electron chi connectivity index (χ4n) is 3.27. The number of aliphatic hydroxyl groups excluding tert-OH is 1. The molecule has 1 fully saturated rings. The Kier molecular flexibility index (Phi) is 4.48. The van der Waals surface area contributed by atoms with Gasteiger partial charge in [0, 0.05) is 12.2 Å². The van der Waals surface area contributed by atoms with Crippen LogP contribution in [0.15, 0.2) is 36.4 Å². The first-order valence-electron chi connectivity index (χ1n) is 8.19. The summed E-state index contributed by atoms with van der Waals surface area (Å²) in [6.07, 6.45) is 2.36. The van der Waals surface area contributed by atoms with Crippen molar-refractivity contribution in [3.05, 3.63) is 47.8 Å². The maximum absolute atomic E-state index is 12.9. The molecule has 0 radical (unpaired) electrons. The van der Waals surface area contributed by atoms with Gasteiger partial charge in [-0.2, -0.15) is 5.10 Å². The van der Waals surface area contributed by atoms with Gasteiger partial charge >= 0.3 is 0 Å². The van der Waals surface area contributed by atoms with Gasteiger partial charge in [-0.05, 0) is 51.3 Å². The Hall–Kier alpha value is -2.14. The molecule has 122 valence electrons. The van der Waals surface area contributed by atoms with Crippen LogP contribution in [0.4, 0.5) is 0 Å². The van der Waals surface area contributed by atoms with Gasteiger partial charge < -0.3 is 10.0 Å². The van der Waals surface area contributed by atoms with Crippen molar-refractivity contribution >= 4 is 5.91 Å². The van der Waals surface area contributed by atoms with Crippen LogP contribution in [0.25, 0.3) is 5.69 Å². The Morgan fingerprint density at radius 1 is 1.30 bits per heavy atom. The lowest BCUT2D eigenvalue weighted by molar-refractivity contribution is 0.0276. The molecule has 1 amide bonds. The number of carbonyl (C=O) groups is 1. The zero-order chi connectivity index (χ0) is 16.4. The third-order valence-corrected chi connectivity index (χ3v) is 4.47. The second kappa shape index (κ2) is 6.54. The summed E-state index contributed by atoms with van der Waals surface area (Å²) in [5.41, 5.74) is 2.30. The average molecular weight is 313 g/mol. The van der Waals surface area contributed by atoms with Crippen molar-refractivity contribution in [1.29, 1.82) is 0 Å². The van der Waals surface area contributed by atoms with E-state index >= 15 is 0 Å². The number of carbonyl (C=O) groups excluding carboxylic acids is 1. The molecule has 1 saturated heterocycles. The van der Waals surface area contributed by atoms with Crippen LogP contribution in [0.5, 0.6) is 0 Å². The molecular weight excluding hydrogens is 290 g/mol. The number of hydrogen-bond acceptors (Lipinski definition) is 3. The molecule has 2 atom stereocenters. The van der Waals surface area contributed by atoms with Crippen LogP contribution in [0.1, 0.15) is 42.4 Å². The van der Waals surface area contributed by atoms with E-state index in [-0.39, 0.29) is 11.9 Å². The van der Waals surface area contributed by atoms with Crippen LogP contribution in [-0.2, 0) is 0 Å². The van der Waals surface area contributed by atoms with Gasteiger partial charge in [-0.1, -0.05) is 18.2 Å². The first kappa shape index (κ1) is 15.7. The number of aromatic nitrogens is 2. The van der Waals surface area contributed by atoms with E-state index in [0.29, 0.717) is 12.2 Å². The predicted octanol–water partition coefficient (Wildman–Crippen LogP) is 2.56. The SMILES string of the molecule is Cc1cc(C(=O)N2CCCC[C@H]2[C@@H](C)O)nn1-c1ccccc1. The molecule has 1 aliphatic rings. The van der Waals surface area contributed by atoms with Gasteiger partial charge in [-0.3, -0.25) is 4.79 Å². The minimum absolute atomic E-state index is 0.0895. The Morgan fingerprint density at radius 3 is 2.74 bits per heavy atom. The van der Waals surface area contributed by atoms with Crippen LogP contribution in [-0.4, -0.2) is 44.4 Å². The molecule has 1 aromatic carbocycles. The molecule has 0 unspecified atom stereocenters. The summed E-state index contributed by atoms with van der Waals surface area (Å²) in [7, 11) is 0. The zero-order valence-corrected chi connectivity index (χ0v) is 13.6. The van der Waals surface area contributed by atoms with Crippen molar-refractivity contribution in [1.82, 2.24) is 14.7 Å². The van der Waals surface area contributed by atoms with Crippen LogP contribution in [0, 0.1) is 6.92 Å². The van der Waals surface area contributed by atoms with Crippen LogP contribution in [0.3, 0.4) is 0 Å². The summed E-state index contributed by atoms with van der Waals surface area (Å²) >= 11 is 0. The normalized spacial score (nSPS) is 19.6. The van der Waals surface area contributed by atoms with Gasteiger partial charge in [0.15, 0.2) is 5.69 Å². The second-order valence-corrected chi connectivity index (χ2v) is 6.22. The smallest absolute Gasteiger partial charge is 0.274 e. The van der Waals surface area contributed by atoms with Crippen molar-refractivity contribution in [2.75, 3.05) is 6.54 Å². The van der Waals surface area contributed by atoms with E-state index in [0.717, 1.165) is 30.6 Å². The van der Waals surface area contributed by atoms with Crippen molar-refractivity contribution in [2.24, 2.45) is 0 Å². The largest absolute Gasteiger partial charge is 0.391 e. The molecule has 0 bridgehead atoms. The lowest BCUT2D eigenvalue weighted by atomic mass is 9.98. The molecule has 3 rings (SSSR count). The number of amides is 1. The Bertz CT molecular complexity index is 679. The lowest BCUT2D eigenvalue weighted by Crippen LogP contribution is -2.49. The molecule has 1 aromatic heterocycles. The highest BCUT2D eigenvalue weighted by atomic mass is 16.3. The first-order valence-corrected chi connectivity index (χ1v) is 8.19. The molecule has 2 heterocycles. The number of benzene rings is 1. The molecule has 23 heavy (non-hydrogen) atoms. The summed E-state index contributed by atoms with van der Waals surface area (Å²) in [5, 5.41) is 14.5. The van der Waals surface area contributed by atoms with Crippen molar-refractivity contribution < 1.29 is 9.90 Å². The van der Waals surface area contributed by atoms with E-state index in [1.807, 2.05) is 43.3 Å². The summed E-state index contributed by atoms with van der Waals surface area (Å²) in [6, 6.07) is 11.5. The van der Waals surface area contributed by atoms with E-state index in [2.05, 4.69) is 5.10 Å². The standard InChI is InChI=1S/C18H23N3O2/c1-13-12-16(19-21(13)15-8-4-3-5-9-15)18(23)20-11-7-6-10-17(20)14(2)22/h3-5,8-9,12,14,17,22H,6-7,10-11H2,1-2H3/t14-,17+/m1/s1. The highest BCUT2D eigenvalue weighted by molar-refractivity contribution is 5.92. The Labute approximate surface area is 136 Å². The third kappa shape index (κ3) is 3.15. The molecule has 5 heteroatoms.